The molecular weight excluding hydrogens is 248 g/mol. The summed E-state index contributed by atoms with van der Waals surface area (Å²) in [6.45, 7) is 12.6. The van der Waals surface area contributed by atoms with Crippen molar-refractivity contribution < 1.29 is 9.53 Å². The van der Waals surface area contributed by atoms with Gasteiger partial charge in [0.05, 0.1) is 12.0 Å². The number of esters is 1. The Morgan fingerprint density at radius 3 is 2.35 bits per heavy atom. The van der Waals surface area contributed by atoms with Gasteiger partial charge in [-0.15, -0.1) is 0 Å². The molecule has 0 radical (unpaired) electrons. The van der Waals surface area contributed by atoms with Gasteiger partial charge in [-0.25, -0.2) is 0 Å². The molecule has 0 aliphatic rings. The van der Waals surface area contributed by atoms with Crippen LogP contribution >= 0.6 is 0 Å². The van der Waals surface area contributed by atoms with Crippen LogP contribution in [0.4, 0.5) is 0 Å². The number of aryl methyl sites for hydroxylation is 2. The molecule has 1 aromatic carbocycles. The maximum atomic E-state index is 11.8. The minimum atomic E-state index is -0.418. The monoisotopic (exact) mass is 276 g/mol. The van der Waals surface area contributed by atoms with Crippen molar-refractivity contribution in [2.45, 2.75) is 54.4 Å². The van der Waals surface area contributed by atoms with E-state index in [-0.39, 0.29) is 5.97 Å². The molecule has 20 heavy (non-hydrogen) atoms. The van der Waals surface area contributed by atoms with Crippen LogP contribution in [0.1, 0.15) is 50.8 Å². The number of hydrogen-bond acceptors (Lipinski definition) is 2. The van der Waals surface area contributed by atoms with Crippen molar-refractivity contribution in [2.75, 3.05) is 6.61 Å². The minimum absolute atomic E-state index is 0.115. The standard InChI is InChI=1S/C18H28O2/c1-7-15(12-20-17(19)18(4,5)6)11-16-9-8-13(2)14(3)10-16/h8-10,15H,7,11-12H2,1-6H3. The van der Waals surface area contributed by atoms with E-state index in [1.165, 1.54) is 16.7 Å². The van der Waals surface area contributed by atoms with Crippen molar-refractivity contribution in [3.63, 3.8) is 0 Å². The lowest BCUT2D eigenvalue weighted by atomic mass is 9.94. The first kappa shape index (κ1) is 16.7. The molecule has 0 saturated heterocycles. The molecule has 2 heteroatoms. The fraction of sp³-hybridized carbons (Fsp3) is 0.611. The molecule has 2 nitrogen and oxygen atoms in total. The van der Waals surface area contributed by atoms with Crippen LogP contribution in [0.3, 0.4) is 0 Å². The lowest BCUT2D eigenvalue weighted by Gasteiger charge is -2.20. The molecule has 0 amide bonds. The fourth-order valence-corrected chi connectivity index (χ4v) is 1.99. The maximum Gasteiger partial charge on any atom is 0.311 e. The van der Waals surface area contributed by atoms with E-state index >= 15 is 0 Å². The third-order valence-corrected chi connectivity index (χ3v) is 3.74. The average Bonchev–Trinajstić information content (AvgIpc) is 2.37. The van der Waals surface area contributed by atoms with Crippen LogP contribution in [0.15, 0.2) is 18.2 Å². The second kappa shape index (κ2) is 6.92. The first-order valence-corrected chi connectivity index (χ1v) is 7.47. The van der Waals surface area contributed by atoms with E-state index in [9.17, 15) is 4.79 Å². The number of carbonyl (C=O) groups excluding carboxylic acids is 1. The predicted molar refractivity (Wildman–Crippen MR) is 83.8 cm³/mol. The Bertz CT molecular complexity index is 455. The van der Waals surface area contributed by atoms with Crippen LogP contribution in [0.25, 0.3) is 0 Å². The van der Waals surface area contributed by atoms with E-state index < -0.39 is 5.41 Å². The second-order valence-corrected chi connectivity index (χ2v) is 6.75. The smallest absolute Gasteiger partial charge is 0.311 e. The molecule has 0 heterocycles. The molecule has 0 spiro atoms. The summed E-state index contributed by atoms with van der Waals surface area (Å²) in [6.07, 6.45) is 1.99. The largest absolute Gasteiger partial charge is 0.465 e. The van der Waals surface area contributed by atoms with Crippen molar-refractivity contribution in [3.05, 3.63) is 34.9 Å². The Morgan fingerprint density at radius 2 is 1.85 bits per heavy atom. The van der Waals surface area contributed by atoms with E-state index in [4.69, 9.17) is 4.74 Å². The Balaban J connectivity index is 2.59. The number of benzene rings is 1. The number of rotatable bonds is 5. The summed E-state index contributed by atoms with van der Waals surface area (Å²) in [5, 5.41) is 0. The maximum absolute atomic E-state index is 11.8. The molecule has 0 N–H and O–H groups in total. The van der Waals surface area contributed by atoms with Crippen molar-refractivity contribution in [1.82, 2.24) is 0 Å². The summed E-state index contributed by atoms with van der Waals surface area (Å²) in [7, 11) is 0. The van der Waals surface area contributed by atoms with Crippen LogP contribution in [0, 0.1) is 25.2 Å². The Labute approximate surface area is 123 Å². The third kappa shape index (κ3) is 4.99. The van der Waals surface area contributed by atoms with Gasteiger partial charge < -0.3 is 4.74 Å². The van der Waals surface area contributed by atoms with Crippen LogP contribution in [0.2, 0.25) is 0 Å². The quantitative estimate of drug-likeness (QED) is 0.742. The zero-order chi connectivity index (χ0) is 15.3. The molecule has 0 aliphatic heterocycles. The van der Waals surface area contributed by atoms with E-state index in [0.717, 1.165) is 12.8 Å². The lowest BCUT2D eigenvalue weighted by Crippen LogP contribution is -2.26. The molecule has 0 aromatic heterocycles. The van der Waals surface area contributed by atoms with Crippen molar-refractivity contribution in [1.29, 1.82) is 0 Å². The highest BCUT2D eigenvalue weighted by Crippen LogP contribution is 2.19. The van der Waals surface area contributed by atoms with Gasteiger partial charge in [0.1, 0.15) is 0 Å². The highest BCUT2D eigenvalue weighted by atomic mass is 16.5. The van der Waals surface area contributed by atoms with Crippen LogP contribution in [-0.4, -0.2) is 12.6 Å². The van der Waals surface area contributed by atoms with E-state index in [0.29, 0.717) is 12.5 Å². The number of carbonyl (C=O) groups is 1. The van der Waals surface area contributed by atoms with Gasteiger partial charge in [-0.05, 0) is 70.1 Å². The molecule has 0 bridgehead atoms. The topological polar surface area (TPSA) is 26.3 Å². The molecule has 0 aliphatic carbocycles. The minimum Gasteiger partial charge on any atom is -0.465 e. The summed E-state index contributed by atoms with van der Waals surface area (Å²) >= 11 is 0. The number of hydrogen-bond donors (Lipinski definition) is 0. The summed E-state index contributed by atoms with van der Waals surface area (Å²) in [5.74, 6) is 0.277. The second-order valence-electron chi connectivity index (χ2n) is 6.75. The summed E-state index contributed by atoms with van der Waals surface area (Å²) in [5.41, 5.74) is 3.55. The van der Waals surface area contributed by atoms with E-state index in [1.54, 1.807) is 0 Å². The third-order valence-electron chi connectivity index (χ3n) is 3.74. The zero-order valence-corrected chi connectivity index (χ0v) is 13.7. The van der Waals surface area contributed by atoms with Crippen molar-refractivity contribution >= 4 is 5.97 Å². The molecule has 1 rings (SSSR count). The van der Waals surface area contributed by atoms with E-state index in [1.807, 2.05) is 20.8 Å². The first-order valence-electron chi connectivity index (χ1n) is 7.47. The molecule has 1 aromatic rings. The van der Waals surface area contributed by atoms with Gasteiger partial charge in [-0.2, -0.15) is 0 Å². The van der Waals surface area contributed by atoms with E-state index in [2.05, 4.69) is 39.0 Å². The molecule has 0 fully saturated rings. The number of ether oxygens (including phenoxy) is 1. The molecule has 1 atom stereocenters. The van der Waals surface area contributed by atoms with Gasteiger partial charge >= 0.3 is 5.97 Å². The highest BCUT2D eigenvalue weighted by Gasteiger charge is 2.24. The Morgan fingerprint density at radius 1 is 1.20 bits per heavy atom. The summed E-state index contributed by atoms with van der Waals surface area (Å²) in [4.78, 5) is 11.8. The van der Waals surface area contributed by atoms with Crippen molar-refractivity contribution in [3.8, 4) is 0 Å². The average molecular weight is 276 g/mol. The van der Waals surface area contributed by atoms with Gasteiger partial charge in [0, 0.05) is 0 Å². The molecule has 1 unspecified atom stereocenters. The van der Waals surface area contributed by atoms with Gasteiger partial charge in [0.15, 0.2) is 0 Å². The van der Waals surface area contributed by atoms with Gasteiger partial charge in [-0.1, -0.05) is 25.1 Å². The first-order chi connectivity index (χ1) is 9.24. The van der Waals surface area contributed by atoms with Gasteiger partial charge in [0.2, 0.25) is 0 Å². The highest BCUT2D eigenvalue weighted by molar-refractivity contribution is 5.75. The fourth-order valence-electron chi connectivity index (χ4n) is 1.99. The zero-order valence-electron chi connectivity index (χ0n) is 13.7. The molecular formula is C18H28O2. The Kier molecular flexibility index (Phi) is 5.79. The van der Waals surface area contributed by atoms with Crippen molar-refractivity contribution in [2.24, 2.45) is 11.3 Å². The SMILES string of the molecule is CCC(COC(=O)C(C)(C)C)Cc1ccc(C)c(C)c1. The van der Waals surface area contributed by atoms with Crippen LogP contribution < -0.4 is 0 Å². The predicted octanol–water partition coefficient (Wildman–Crippen LogP) is 4.46. The molecule has 112 valence electrons. The van der Waals surface area contributed by atoms with Crippen LogP contribution in [0.5, 0.6) is 0 Å². The normalized spacial score (nSPS) is 13.1. The lowest BCUT2D eigenvalue weighted by molar-refractivity contribution is -0.154. The summed E-state index contributed by atoms with van der Waals surface area (Å²) in [6, 6.07) is 6.58. The molecule has 0 saturated carbocycles. The van der Waals surface area contributed by atoms with Gasteiger partial charge in [-0.3, -0.25) is 4.79 Å². The van der Waals surface area contributed by atoms with Gasteiger partial charge in [0.25, 0.3) is 0 Å². The Hall–Kier alpha value is -1.31. The summed E-state index contributed by atoms with van der Waals surface area (Å²) < 4.78 is 5.45. The van der Waals surface area contributed by atoms with Crippen LogP contribution in [-0.2, 0) is 16.0 Å².